The second-order valence-corrected chi connectivity index (χ2v) is 13.1. The van der Waals surface area contributed by atoms with E-state index in [-0.39, 0.29) is 56.6 Å². The van der Waals surface area contributed by atoms with E-state index < -0.39 is 104 Å². The van der Waals surface area contributed by atoms with Crippen molar-refractivity contribution in [3.63, 3.8) is 0 Å². The number of carbonyl (C=O) groups is 6. The van der Waals surface area contributed by atoms with Crippen molar-refractivity contribution in [2.75, 3.05) is 46.8 Å². The van der Waals surface area contributed by atoms with E-state index in [1.165, 1.54) is 38.3 Å². The van der Waals surface area contributed by atoms with Crippen LogP contribution in [0.3, 0.4) is 0 Å². The van der Waals surface area contributed by atoms with E-state index in [2.05, 4.69) is 0 Å². The van der Waals surface area contributed by atoms with Gasteiger partial charge in [0.25, 0.3) is 0 Å². The second-order valence-electron chi connectivity index (χ2n) is 13.1. The number of benzene rings is 1. The Morgan fingerprint density at radius 1 is 0.481 bits per heavy atom. The van der Waals surface area contributed by atoms with Crippen molar-refractivity contribution < 1.29 is 85.6 Å². The topological polar surface area (TPSA) is 213 Å². The molecule has 0 saturated carbocycles. The SMILES string of the molecule is CO[C@H]1COC2C1OC[C@H]2OC(=O)CC(=O)O[C@H]1COC2C1OC[C@H]2OC(=O)CC(=O)O[C@H]1COC2C1OC[C@H]2OC(=O)c1ccc(C(C)=O)cc1. The number of hydrogen-bond donors (Lipinski definition) is 0. The maximum atomic E-state index is 12.7. The minimum absolute atomic E-state index is 0.00903. The van der Waals surface area contributed by atoms with Crippen molar-refractivity contribution in [2.24, 2.45) is 0 Å². The van der Waals surface area contributed by atoms with Gasteiger partial charge in [0.15, 0.2) is 36.3 Å². The van der Waals surface area contributed by atoms with E-state index in [0.717, 1.165) is 0 Å². The molecule has 0 spiro atoms. The molecule has 18 heteroatoms. The Labute approximate surface area is 296 Å². The Morgan fingerprint density at radius 3 is 1.10 bits per heavy atom. The van der Waals surface area contributed by atoms with Crippen LogP contribution in [0.4, 0.5) is 0 Å². The van der Waals surface area contributed by atoms with Gasteiger partial charge in [-0.15, -0.1) is 0 Å². The first kappa shape index (κ1) is 36.3. The highest BCUT2D eigenvalue weighted by Crippen LogP contribution is 2.34. The van der Waals surface area contributed by atoms with Gasteiger partial charge in [0.1, 0.15) is 55.6 Å². The van der Waals surface area contributed by atoms with Gasteiger partial charge in [-0.1, -0.05) is 12.1 Å². The number of rotatable bonds is 12. The maximum Gasteiger partial charge on any atom is 0.338 e. The van der Waals surface area contributed by atoms with Crippen LogP contribution in [0.1, 0.15) is 40.5 Å². The maximum absolute atomic E-state index is 12.7. The third kappa shape index (κ3) is 7.68. The summed E-state index contributed by atoms with van der Waals surface area (Å²) in [4.78, 5) is 74.4. The summed E-state index contributed by atoms with van der Waals surface area (Å²) < 4.78 is 66.6. The Bertz CT molecular complexity index is 1540. The number of carbonyl (C=O) groups excluding carboxylic acids is 6. The Kier molecular flexibility index (Phi) is 10.8. The predicted molar refractivity (Wildman–Crippen MR) is 164 cm³/mol. The summed E-state index contributed by atoms with van der Waals surface area (Å²) in [5.41, 5.74) is 0.708. The number of Topliss-reactive ketones (excluding diaryl/α,β-unsaturated/α-hetero) is 1. The van der Waals surface area contributed by atoms with E-state index in [1.807, 2.05) is 0 Å². The van der Waals surface area contributed by atoms with Gasteiger partial charge in [-0.3, -0.25) is 24.0 Å². The van der Waals surface area contributed by atoms with Crippen LogP contribution in [-0.2, 0) is 76.0 Å². The summed E-state index contributed by atoms with van der Waals surface area (Å²) in [6, 6.07) is 6.03. The number of hydrogen-bond acceptors (Lipinski definition) is 18. The molecule has 6 fully saturated rings. The molecule has 0 aromatic heterocycles. The van der Waals surface area contributed by atoms with E-state index in [0.29, 0.717) is 12.2 Å². The minimum Gasteiger partial charge on any atom is -0.457 e. The third-order valence-corrected chi connectivity index (χ3v) is 9.68. The molecule has 6 aliphatic heterocycles. The molecule has 12 atom stereocenters. The van der Waals surface area contributed by atoms with E-state index in [9.17, 15) is 28.8 Å². The predicted octanol–water partition coefficient (Wildman–Crippen LogP) is -0.750. The van der Waals surface area contributed by atoms with E-state index >= 15 is 0 Å². The first-order valence-corrected chi connectivity index (χ1v) is 16.9. The number of methoxy groups -OCH3 is 1. The molecular formula is C34H38O18. The fraction of sp³-hybridized carbons (Fsp3) is 0.647. The molecule has 0 amide bonds. The summed E-state index contributed by atoms with van der Waals surface area (Å²) in [6.07, 6.45) is -9.45. The zero-order valence-electron chi connectivity index (χ0n) is 28.2. The number of esters is 5. The summed E-state index contributed by atoms with van der Waals surface area (Å²) in [5, 5.41) is 0. The van der Waals surface area contributed by atoms with Crippen LogP contribution in [0, 0.1) is 0 Å². The molecule has 6 saturated heterocycles. The van der Waals surface area contributed by atoms with Crippen LogP contribution in [-0.4, -0.2) is 156 Å². The van der Waals surface area contributed by atoms with E-state index in [4.69, 9.17) is 56.8 Å². The largest absolute Gasteiger partial charge is 0.457 e. The fourth-order valence-electron chi connectivity index (χ4n) is 7.12. The lowest BCUT2D eigenvalue weighted by Gasteiger charge is -2.19. The number of ketones is 1. The highest BCUT2D eigenvalue weighted by atomic mass is 16.7. The average Bonchev–Trinajstić information content (AvgIpc) is 3.96. The molecule has 0 aliphatic carbocycles. The van der Waals surface area contributed by atoms with Crippen molar-refractivity contribution in [1.82, 2.24) is 0 Å². The van der Waals surface area contributed by atoms with Crippen LogP contribution >= 0.6 is 0 Å². The van der Waals surface area contributed by atoms with Crippen LogP contribution in [0.5, 0.6) is 0 Å². The van der Waals surface area contributed by atoms with Gasteiger partial charge in [0, 0.05) is 12.7 Å². The lowest BCUT2D eigenvalue weighted by molar-refractivity contribution is -0.165. The van der Waals surface area contributed by atoms with E-state index in [1.54, 1.807) is 0 Å². The van der Waals surface area contributed by atoms with Crippen LogP contribution in [0.2, 0.25) is 0 Å². The van der Waals surface area contributed by atoms with Gasteiger partial charge >= 0.3 is 29.8 Å². The second kappa shape index (κ2) is 15.5. The smallest absolute Gasteiger partial charge is 0.338 e. The molecule has 1 aromatic rings. The monoisotopic (exact) mass is 734 g/mol. The molecule has 0 radical (unpaired) electrons. The highest BCUT2D eigenvalue weighted by Gasteiger charge is 2.53. The summed E-state index contributed by atoms with van der Waals surface area (Å²) in [5.74, 6) is -4.18. The van der Waals surface area contributed by atoms with Crippen molar-refractivity contribution >= 4 is 35.6 Å². The molecule has 282 valence electrons. The quantitative estimate of drug-likeness (QED) is 0.112. The molecule has 52 heavy (non-hydrogen) atoms. The van der Waals surface area contributed by atoms with Gasteiger partial charge in [-0.25, -0.2) is 4.79 Å². The first-order valence-electron chi connectivity index (χ1n) is 16.9. The molecule has 6 unspecified atom stereocenters. The Morgan fingerprint density at radius 2 is 0.769 bits per heavy atom. The molecular weight excluding hydrogens is 696 g/mol. The lowest BCUT2D eigenvalue weighted by Crippen LogP contribution is -2.37. The number of ether oxygens (including phenoxy) is 12. The highest BCUT2D eigenvalue weighted by molar-refractivity contribution is 5.96. The van der Waals surface area contributed by atoms with Gasteiger partial charge in [-0.2, -0.15) is 0 Å². The van der Waals surface area contributed by atoms with Crippen molar-refractivity contribution in [3.05, 3.63) is 35.4 Å². The van der Waals surface area contributed by atoms with Crippen LogP contribution in [0.25, 0.3) is 0 Å². The van der Waals surface area contributed by atoms with Gasteiger partial charge < -0.3 is 56.8 Å². The molecule has 18 nitrogen and oxygen atoms in total. The Balaban J connectivity index is 0.809. The molecule has 0 bridgehead atoms. The molecule has 6 heterocycles. The molecule has 1 aromatic carbocycles. The molecule has 7 rings (SSSR count). The standard InChI is InChI=1S/C34H38O18/c1-15(35)16-3-5-17(6-4-16)34(40)52-23-14-47-32-22(13-46-33(23)32)51-27(39)8-26(38)50-21-12-45-30-20(11-44-31(21)30)49-25(37)7-24(36)48-19-10-43-28-18(41-2)9-42-29(19)28/h3-6,18-23,28-33H,7-14H2,1-2H3/t18-,19+,20-,21+,22-,23+,28?,29?,30?,31?,32?,33?/m0/s1. The first-order chi connectivity index (χ1) is 25.1. The van der Waals surface area contributed by atoms with Crippen molar-refractivity contribution in [1.29, 1.82) is 0 Å². The van der Waals surface area contributed by atoms with Crippen molar-refractivity contribution in [3.8, 4) is 0 Å². The van der Waals surface area contributed by atoms with Gasteiger partial charge in [0.2, 0.25) is 0 Å². The normalized spacial score (nSPS) is 35.7. The van der Waals surface area contributed by atoms with Gasteiger partial charge in [0.05, 0.1) is 45.2 Å². The number of fused-ring (bicyclic) bond motifs is 3. The summed E-state index contributed by atoms with van der Waals surface area (Å²) in [7, 11) is 1.54. The van der Waals surface area contributed by atoms with Crippen LogP contribution < -0.4 is 0 Å². The molecule has 0 N–H and O–H groups in total. The average molecular weight is 735 g/mol. The Hall–Kier alpha value is -4.04. The van der Waals surface area contributed by atoms with Crippen LogP contribution in [0.15, 0.2) is 24.3 Å². The minimum atomic E-state index is -0.891. The summed E-state index contributed by atoms with van der Waals surface area (Å²) >= 11 is 0. The third-order valence-electron chi connectivity index (χ3n) is 9.68. The van der Waals surface area contributed by atoms with Gasteiger partial charge in [-0.05, 0) is 19.1 Å². The fourth-order valence-corrected chi connectivity index (χ4v) is 7.12. The lowest BCUT2D eigenvalue weighted by atomic mass is 10.1. The van der Waals surface area contributed by atoms with Crippen molar-refractivity contribution in [2.45, 2.75) is 93.0 Å². The zero-order valence-corrected chi connectivity index (χ0v) is 28.2. The molecule has 6 aliphatic rings. The zero-order chi connectivity index (χ0) is 36.5. The summed E-state index contributed by atoms with van der Waals surface area (Å²) in [6.45, 7) is 1.68.